The lowest BCUT2D eigenvalue weighted by molar-refractivity contribution is -0.143. The van der Waals surface area contributed by atoms with Gasteiger partial charge in [-0.1, -0.05) is 0 Å². The van der Waals surface area contributed by atoms with E-state index >= 15 is 0 Å². The van der Waals surface area contributed by atoms with Gasteiger partial charge < -0.3 is 10.4 Å². The summed E-state index contributed by atoms with van der Waals surface area (Å²) in [6, 6.07) is -0.386. The third kappa shape index (κ3) is 7.23. The fourth-order valence-electron chi connectivity index (χ4n) is 5.46. The van der Waals surface area contributed by atoms with E-state index in [-0.39, 0.29) is 45.1 Å². The fraction of sp³-hybridized carbons (Fsp3) is 0.708. The Labute approximate surface area is 226 Å². The van der Waals surface area contributed by atoms with Crippen LogP contribution >= 0.6 is 0 Å². The van der Waals surface area contributed by atoms with Crippen molar-refractivity contribution in [3.05, 3.63) is 34.9 Å². The Balaban J connectivity index is 1.87. The van der Waals surface area contributed by atoms with Crippen LogP contribution in [0.1, 0.15) is 61.0 Å². The summed E-state index contributed by atoms with van der Waals surface area (Å²) in [7, 11) is -3.80. The monoisotopic (exact) mass is 609 g/mol. The second-order valence-corrected chi connectivity index (χ2v) is 12.4. The van der Waals surface area contributed by atoms with Crippen molar-refractivity contribution < 1.29 is 53.4 Å². The molecule has 2 aliphatic rings. The van der Waals surface area contributed by atoms with Gasteiger partial charge in [0.2, 0.25) is 15.9 Å². The molecule has 0 radical (unpaired) electrons. The highest BCUT2D eigenvalue weighted by atomic mass is 32.2. The summed E-state index contributed by atoms with van der Waals surface area (Å²) in [5, 5.41) is 11.9. The molecular formula is C24H31F8N3O4S. The molecule has 7 nitrogen and oxygen atoms in total. The van der Waals surface area contributed by atoms with Gasteiger partial charge in [-0.15, -0.1) is 0 Å². The maximum atomic E-state index is 14.1. The van der Waals surface area contributed by atoms with Crippen molar-refractivity contribution >= 4 is 15.9 Å². The number of rotatable bonds is 7. The first-order chi connectivity index (χ1) is 18.2. The number of aliphatic hydroxyl groups is 1. The molecule has 0 spiro atoms. The average Bonchev–Trinajstić information content (AvgIpc) is 2.82. The minimum absolute atomic E-state index is 0.0367. The van der Waals surface area contributed by atoms with Crippen molar-refractivity contribution in [2.45, 2.75) is 75.5 Å². The van der Waals surface area contributed by atoms with E-state index in [9.17, 15) is 53.4 Å². The second kappa shape index (κ2) is 11.3. The molecule has 40 heavy (non-hydrogen) atoms. The molecule has 1 aromatic carbocycles. The van der Waals surface area contributed by atoms with Crippen molar-refractivity contribution in [3.63, 3.8) is 0 Å². The van der Waals surface area contributed by atoms with E-state index in [1.54, 1.807) is 4.90 Å². The van der Waals surface area contributed by atoms with Crippen LogP contribution in [0.2, 0.25) is 0 Å². The second-order valence-electron chi connectivity index (χ2n) is 10.4. The Hall–Kier alpha value is -2.04. The number of hydrogen-bond acceptors (Lipinski definition) is 5. The summed E-state index contributed by atoms with van der Waals surface area (Å²) in [5.74, 6) is -4.83. The summed E-state index contributed by atoms with van der Waals surface area (Å²) < 4.78 is 134. The number of sulfonamides is 1. The number of alkyl halides is 8. The summed E-state index contributed by atoms with van der Waals surface area (Å²) >= 11 is 0. The maximum Gasteiger partial charge on any atom is 0.417 e. The largest absolute Gasteiger partial charge is 0.417 e. The minimum Gasteiger partial charge on any atom is -0.392 e. The van der Waals surface area contributed by atoms with Crippen molar-refractivity contribution in [1.29, 1.82) is 0 Å². The van der Waals surface area contributed by atoms with E-state index in [0.29, 0.717) is 12.1 Å². The van der Waals surface area contributed by atoms with E-state index in [2.05, 4.69) is 5.32 Å². The zero-order valence-electron chi connectivity index (χ0n) is 21.7. The van der Waals surface area contributed by atoms with Crippen LogP contribution in [0.25, 0.3) is 0 Å². The van der Waals surface area contributed by atoms with E-state index in [1.165, 1.54) is 13.8 Å². The van der Waals surface area contributed by atoms with E-state index in [1.807, 2.05) is 0 Å². The van der Waals surface area contributed by atoms with Gasteiger partial charge in [0.15, 0.2) is 0 Å². The predicted molar refractivity (Wildman–Crippen MR) is 128 cm³/mol. The van der Waals surface area contributed by atoms with Crippen LogP contribution in [0.4, 0.5) is 35.1 Å². The molecule has 1 heterocycles. The van der Waals surface area contributed by atoms with Gasteiger partial charge in [0.25, 0.3) is 5.91 Å². The van der Waals surface area contributed by atoms with Gasteiger partial charge >= 0.3 is 12.4 Å². The van der Waals surface area contributed by atoms with E-state index in [0.717, 1.165) is 4.31 Å². The van der Waals surface area contributed by atoms with E-state index < -0.39 is 87.2 Å². The third-order valence-electron chi connectivity index (χ3n) is 7.61. The SMILES string of the molecule is CC(O)CS(=O)(=O)N1CCN(C2(C(C)NC(=O)c3ccc(C(F)(F)F)cc3C(F)(F)F)CCC(F)(F)CC2)CC1. The lowest BCUT2D eigenvalue weighted by Crippen LogP contribution is -2.67. The maximum absolute atomic E-state index is 14.1. The van der Waals surface area contributed by atoms with Crippen molar-refractivity contribution in [1.82, 2.24) is 14.5 Å². The lowest BCUT2D eigenvalue weighted by atomic mass is 9.73. The standard InChI is InChI=1S/C24H31F8N3O4S/c1-15(36)14-40(38,39)35-11-9-34(10-12-35)21(5-7-22(25,26)8-6-21)16(2)33-20(37)18-4-3-17(23(27,28)29)13-19(18)24(30,31)32/h3-4,13,15-16,36H,5-12,14H2,1-2H3,(H,33,37). The molecule has 2 N–H and O–H groups in total. The molecule has 2 unspecified atom stereocenters. The third-order valence-corrected chi connectivity index (χ3v) is 9.67. The van der Waals surface area contributed by atoms with Gasteiger partial charge in [0, 0.05) is 50.6 Å². The summed E-state index contributed by atoms with van der Waals surface area (Å²) in [4.78, 5) is 14.7. The van der Waals surface area contributed by atoms with Crippen LogP contribution < -0.4 is 5.32 Å². The highest BCUT2D eigenvalue weighted by Crippen LogP contribution is 2.44. The number of carbonyl (C=O) groups is 1. The Bertz CT molecular complexity index is 1170. The van der Waals surface area contributed by atoms with E-state index in [4.69, 9.17) is 0 Å². The van der Waals surface area contributed by atoms with Crippen LogP contribution in [-0.2, 0) is 22.4 Å². The van der Waals surface area contributed by atoms with Crippen LogP contribution in [0.15, 0.2) is 18.2 Å². The van der Waals surface area contributed by atoms with Gasteiger partial charge in [-0.05, 0) is 44.9 Å². The highest BCUT2D eigenvalue weighted by Gasteiger charge is 2.51. The number of halogens is 8. The van der Waals surface area contributed by atoms with Gasteiger partial charge in [0.05, 0.1) is 28.5 Å². The summed E-state index contributed by atoms with van der Waals surface area (Å²) in [5.41, 5.74) is -5.59. The first-order valence-electron chi connectivity index (χ1n) is 12.6. The van der Waals surface area contributed by atoms with Gasteiger partial charge in [0.1, 0.15) is 0 Å². The van der Waals surface area contributed by atoms with Crippen LogP contribution in [0, 0.1) is 0 Å². The summed E-state index contributed by atoms with van der Waals surface area (Å²) in [6.45, 7) is 2.80. The summed E-state index contributed by atoms with van der Waals surface area (Å²) in [6.07, 6.45) is -13.0. The Kier molecular flexibility index (Phi) is 9.20. The molecule has 1 aliphatic heterocycles. The molecule has 2 fully saturated rings. The van der Waals surface area contributed by atoms with Gasteiger partial charge in [-0.2, -0.15) is 30.6 Å². The molecule has 0 aromatic heterocycles. The van der Waals surface area contributed by atoms with Gasteiger partial charge in [-0.25, -0.2) is 17.2 Å². The number of piperazine rings is 1. The average molecular weight is 610 g/mol. The topological polar surface area (TPSA) is 89.9 Å². The smallest absolute Gasteiger partial charge is 0.392 e. The molecule has 1 aromatic rings. The van der Waals surface area contributed by atoms with Crippen LogP contribution in [-0.4, -0.2) is 84.2 Å². The number of nitrogens with one attached hydrogen (secondary N) is 1. The fourth-order valence-corrected chi connectivity index (χ4v) is 7.00. The van der Waals surface area contributed by atoms with Crippen LogP contribution in [0.3, 0.4) is 0 Å². The molecule has 3 rings (SSSR count). The lowest BCUT2D eigenvalue weighted by Gasteiger charge is -2.53. The van der Waals surface area contributed by atoms with Crippen molar-refractivity contribution in [3.8, 4) is 0 Å². The quantitative estimate of drug-likeness (QED) is 0.455. The Morgan fingerprint density at radius 2 is 1.52 bits per heavy atom. The zero-order chi connectivity index (χ0) is 30.3. The Morgan fingerprint density at radius 1 is 0.975 bits per heavy atom. The van der Waals surface area contributed by atoms with Crippen molar-refractivity contribution in [2.24, 2.45) is 0 Å². The molecule has 1 saturated heterocycles. The molecule has 2 atom stereocenters. The molecule has 0 bridgehead atoms. The minimum atomic E-state index is -5.28. The molecule has 1 saturated carbocycles. The number of benzene rings is 1. The predicted octanol–water partition coefficient (Wildman–Crippen LogP) is 4.12. The molecular weight excluding hydrogens is 578 g/mol. The Morgan fingerprint density at radius 3 is 2.00 bits per heavy atom. The van der Waals surface area contributed by atoms with Gasteiger partial charge in [-0.3, -0.25) is 9.69 Å². The first-order valence-corrected chi connectivity index (χ1v) is 14.2. The molecule has 1 aliphatic carbocycles. The zero-order valence-corrected chi connectivity index (χ0v) is 22.6. The number of aliphatic hydroxyl groups excluding tert-OH is 1. The number of amides is 1. The normalized spacial score (nSPS) is 22.5. The molecule has 16 heteroatoms. The molecule has 1 amide bonds. The van der Waals surface area contributed by atoms with Crippen LogP contribution in [0.5, 0.6) is 0 Å². The first kappa shape index (κ1) is 32.5. The highest BCUT2D eigenvalue weighted by molar-refractivity contribution is 7.89. The number of nitrogens with zero attached hydrogens (tertiary/aromatic N) is 2. The number of hydrogen-bond donors (Lipinski definition) is 2. The molecule has 228 valence electrons. The van der Waals surface area contributed by atoms with Crippen molar-refractivity contribution in [2.75, 3.05) is 31.9 Å². The number of carbonyl (C=O) groups excluding carboxylic acids is 1.